The van der Waals surface area contributed by atoms with E-state index in [-0.39, 0.29) is 11.8 Å². The van der Waals surface area contributed by atoms with Crippen LogP contribution in [0.2, 0.25) is 5.02 Å². The van der Waals surface area contributed by atoms with Crippen LogP contribution in [-0.2, 0) is 0 Å². The number of nitrogens with two attached hydrogens (primary N) is 1. The van der Waals surface area contributed by atoms with Gasteiger partial charge in [-0.1, -0.05) is 23.7 Å². The molecule has 15 heavy (non-hydrogen) atoms. The van der Waals surface area contributed by atoms with Gasteiger partial charge in [-0.05, 0) is 30.9 Å². The monoisotopic (exact) mass is 223 g/mol. The first kappa shape index (κ1) is 10.7. The van der Waals surface area contributed by atoms with Crippen LogP contribution in [0, 0.1) is 5.92 Å². The fraction of sp³-hybridized carbons (Fsp3) is 0.417. The van der Waals surface area contributed by atoms with Crippen molar-refractivity contribution in [1.82, 2.24) is 0 Å². The zero-order valence-electron chi connectivity index (χ0n) is 8.45. The summed E-state index contributed by atoms with van der Waals surface area (Å²) >= 11 is 5.82. The molecule has 1 aliphatic rings. The lowest BCUT2D eigenvalue weighted by molar-refractivity contribution is 0.0971. The molecule has 3 heteroatoms. The average Bonchev–Trinajstić information content (AvgIpc) is 3.00. The number of rotatable bonds is 4. The van der Waals surface area contributed by atoms with E-state index in [1.165, 1.54) is 12.8 Å². The molecule has 0 heterocycles. The van der Waals surface area contributed by atoms with Crippen molar-refractivity contribution in [3.05, 3.63) is 34.9 Å². The molecule has 1 unspecified atom stereocenters. The zero-order chi connectivity index (χ0) is 10.8. The molecule has 2 N–H and O–H groups in total. The molecule has 0 amide bonds. The second-order valence-electron chi connectivity index (χ2n) is 4.14. The van der Waals surface area contributed by atoms with Gasteiger partial charge in [0.25, 0.3) is 0 Å². The molecule has 2 rings (SSSR count). The molecule has 0 aromatic heterocycles. The summed E-state index contributed by atoms with van der Waals surface area (Å²) in [5, 5.41) is 0.598. The van der Waals surface area contributed by atoms with E-state index in [0.29, 0.717) is 22.9 Å². The van der Waals surface area contributed by atoms with Gasteiger partial charge in [0.15, 0.2) is 5.78 Å². The molecule has 1 aromatic rings. The summed E-state index contributed by atoms with van der Waals surface area (Å²) in [4.78, 5) is 11.8. The van der Waals surface area contributed by atoms with Crippen molar-refractivity contribution >= 4 is 17.4 Å². The van der Waals surface area contributed by atoms with Gasteiger partial charge >= 0.3 is 0 Å². The van der Waals surface area contributed by atoms with Crippen molar-refractivity contribution in [2.45, 2.75) is 25.3 Å². The third-order valence-electron chi connectivity index (χ3n) is 2.80. The van der Waals surface area contributed by atoms with Crippen molar-refractivity contribution in [1.29, 1.82) is 0 Å². The molecule has 1 fully saturated rings. The zero-order valence-corrected chi connectivity index (χ0v) is 9.20. The van der Waals surface area contributed by atoms with Crippen molar-refractivity contribution in [2.75, 3.05) is 0 Å². The maximum Gasteiger partial charge on any atom is 0.164 e. The summed E-state index contributed by atoms with van der Waals surface area (Å²) in [5.41, 5.74) is 6.57. The Hall–Kier alpha value is -0.860. The largest absolute Gasteiger partial charge is 0.327 e. The lowest BCUT2D eigenvalue weighted by Gasteiger charge is -2.08. The normalized spacial score (nSPS) is 17.5. The molecule has 0 bridgehead atoms. The fourth-order valence-corrected chi connectivity index (χ4v) is 1.88. The summed E-state index contributed by atoms with van der Waals surface area (Å²) in [5.74, 6) is 0.657. The van der Waals surface area contributed by atoms with Crippen LogP contribution < -0.4 is 5.73 Å². The first-order valence-corrected chi connectivity index (χ1v) is 5.59. The number of hydrogen-bond acceptors (Lipinski definition) is 2. The van der Waals surface area contributed by atoms with Crippen LogP contribution in [0.4, 0.5) is 0 Å². The molecule has 0 saturated heterocycles. The van der Waals surface area contributed by atoms with Crippen LogP contribution in [-0.4, -0.2) is 11.8 Å². The molecule has 1 atom stereocenters. The molecule has 1 saturated carbocycles. The Morgan fingerprint density at radius 3 is 2.87 bits per heavy atom. The first-order chi connectivity index (χ1) is 7.16. The summed E-state index contributed by atoms with van der Waals surface area (Å²) in [6, 6.07) is 7.06. The van der Waals surface area contributed by atoms with Gasteiger partial charge in [-0.25, -0.2) is 0 Å². The highest BCUT2D eigenvalue weighted by Crippen LogP contribution is 2.33. The Labute approximate surface area is 94.4 Å². The number of carbonyl (C=O) groups is 1. The Kier molecular flexibility index (Phi) is 3.08. The van der Waals surface area contributed by atoms with Crippen molar-refractivity contribution in [3.8, 4) is 0 Å². The summed E-state index contributed by atoms with van der Waals surface area (Å²) < 4.78 is 0. The number of hydrogen-bond donors (Lipinski definition) is 1. The quantitative estimate of drug-likeness (QED) is 0.798. The predicted octanol–water partition coefficient (Wildman–Crippen LogP) is 2.65. The standard InChI is InChI=1S/C12H14ClNO/c13-10-3-1-2-9(6-10)12(15)7-11(14)8-4-5-8/h1-3,6,8,11H,4-5,7,14H2. The average molecular weight is 224 g/mol. The van der Waals surface area contributed by atoms with E-state index >= 15 is 0 Å². The van der Waals surface area contributed by atoms with Gasteiger partial charge in [-0.3, -0.25) is 4.79 Å². The Balaban J connectivity index is 2.00. The topological polar surface area (TPSA) is 43.1 Å². The highest BCUT2D eigenvalue weighted by molar-refractivity contribution is 6.31. The maximum atomic E-state index is 11.8. The SMILES string of the molecule is NC(CC(=O)c1cccc(Cl)c1)C1CC1. The third kappa shape index (κ3) is 2.80. The minimum atomic E-state index is 0.0245. The number of carbonyl (C=O) groups excluding carboxylic acids is 1. The lowest BCUT2D eigenvalue weighted by atomic mass is 10.0. The third-order valence-corrected chi connectivity index (χ3v) is 3.03. The van der Waals surface area contributed by atoms with E-state index in [9.17, 15) is 4.79 Å². The van der Waals surface area contributed by atoms with Crippen molar-refractivity contribution < 1.29 is 4.79 Å². The van der Waals surface area contributed by atoms with Gasteiger partial charge in [0, 0.05) is 23.0 Å². The summed E-state index contributed by atoms with van der Waals surface area (Å²) in [7, 11) is 0. The molecular weight excluding hydrogens is 210 g/mol. The van der Waals surface area contributed by atoms with Gasteiger partial charge < -0.3 is 5.73 Å². The number of Topliss-reactive ketones (excluding diaryl/α,β-unsaturated/α-hetero) is 1. The molecule has 0 spiro atoms. The number of benzene rings is 1. The maximum absolute atomic E-state index is 11.8. The molecular formula is C12H14ClNO. The van der Waals surface area contributed by atoms with E-state index in [1.54, 1.807) is 24.3 Å². The molecule has 2 nitrogen and oxygen atoms in total. The molecule has 0 radical (unpaired) electrons. The number of halogens is 1. The smallest absolute Gasteiger partial charge is 0.164 e. The molecule has 1 aromatic carbocycles. The molecule has 0 aliphatic heterocycles. The van der Waals surface area contributed by atoms with Crippen LogP contribution in [0.5, 0.6) is 0 Å². The van der Waals surface area contributed by atoms with E-state index in [0.717, 1.165) is 0 Å². The van der Waals surface area contributed by atoms with E-state index in [4.69, 9.17) is 17.3 Å². The van der Waals surface area contributed by atoms with Gasteiger partial charge in [-0.15, -0.1) is 0 Å². The Morgan fingerprint density at radius 2 is 2.27 bits per heavy atom. The first-order valence-electron chi connectivity index (χ1n) is 5.21. The summed E-state index contributed by atoms with van der Waals surface area (Å²) in [6.45, 7) is 0. The number of ketones is 1. The Bertz CT molecular complexity index is 374. The summed E-state index contributed by atoms with van der Waals surface area (Å²) in [6.07, 6.45) is 2.78. The van der Waals surface area contributed by atoms with Crippen LogP contribution in [0.3, 0.4) is 0 Å². The molecule has 80 valence electrons. The fourth-order valence-electron chi connectivity index (χ4n) is 1.68. The van der Waals surface area contributed by atoms with Gasteiger partial charge in [0.1, 0.15) is 0 Å². The second kappa shape index (κ2) is 4.33. The second-order valence-corrected chi connectivity index (χ2v) is 4.58. The lowest BCUT2D eigenvalue weighted by Crippen LogP contribution is -2.25. The molecule has 1 aliphatic carbocycles. The minimum absolute atomic E-state index is 0.0245. The van der Waals surface area contributed by atoms with Crippen LogP contribution in [0.1, 0.15) is 29.6 Å². The Morgan fingerprint density at radius 1 is 1.53 bits per heavy atom. The van der Waals surface area contributed by atoms with Crippen LogP contribution >= 0.6 is 11.6 Å². The minimum Gasteiger partial charge on any atom is -0.327 e. The van der Waals surface area contributed by atoms with Crippen LogP contribution in [0.15, 0.2) is 24.3 Å². The van der Waals surface area contributed by atoms with Crippen LogP contribution in [0.25, 0.3) is 0 Å². The van der Waals surface area contributed by atoms with Crippen molar-refractivity contribution in [3.63, 3.8) is 0 Å². The van der Waals surface area contributed by atoms with Crippen molar-refractivity contribution in [2.24, 2.45) is 11.7 Å². The highest BCUT2D eigenvalue weighted by Gasteiger charge is 2.29. The van der Waals surface area contributed by atoms with Gasteiger partial charge in [-0.2, -0.15) is 0 Å². The predicted molar refractivity (Wildman–Crippen MR) is 61.1 cm³/mol. The van der Waals surface area contributed by atoms with E-state index in [1.807, 2.05) is 0 Å². The van der Waals surface area contributed by atoms with E-state index in [2.05, 4.69) is 0 Å². The van der Waals surface area contributed by atoms with Gasteiger partial charge in [0.05, 0.1) is 0 Å². The highest BCUT2D eigenvalue weighted by atomic mass is 35.5. The van der Waals surface area contributed by atoms with E-state index < -0.39 is 0 Å². The van der Waals surface area contributed by atoms with Gasteiger partial charge in [0.2, 0.25) is 0 Å².